The van der Waals surface area contributed by atoms with Gasteiger partial charge in [-0.25, -0.2) is 19.4 Å². The van der Waals surface area contributed by atoms with Crippen molar-refractivity contribution in [2.75, 3.05) is 10.2 Å². The van der Waals surface area contributed by atoms with Crippen LogP contribution in [0.1, 0.15) is 65.9 Å². The molecule has 1 aromatic heterocycles. The zero-order chi connectivity index (χ0) is 22.9. The predicted octanol–water partition coefficient (Wildman–Crippen LogP) is 3.66. The number of aromatic nitrogens is 1. The van der Waals surface area contributed by atoms with E-state index in [2.05, 4.69) is 10.3 Å². The molecule has 30 heavy (non-hydrogen) atoms. The largest absolute Gasteiger partial charge is 0.474 e. The van der Waals surface area contributed by atoms with Gasteiger partial charge in [0.2, 0.25) is 0 Å². The fourth-order valence-electron chi connectivity index (χ4n) is 2.47. The van der Waals surface area contributed by atoms with Crippen LogP contribution in [0.5, 0.6) is 0 Å². The molecule has 0 spiro atoms. The number of hydrogen-bond acceptors (Lipinski definition) is 7. The van der Waals surface area contributed by atoms with Crippen molar-refractivity contribution in [2.45, 2.75) is 71.5 Å². The molecule has 0 aromatic carbocycles. The SMILES string of the molecule is CC(C)(C)OC(=O)N(C(=O)OC(C)(C)C)c1ncc(NC(=O)C(=O)O)cc1C1CC1. The summed E-state index contributed by atoms with van der Waals surface area (Å²) >= 11 is 0. The number of aliphatic carboxylic acids is 1. The van der Waals surface area contributed by atoms with Crippen LogP contribution < -0.4 is 10.2 Å². The Bertz CT molecular complexity index is 836. The average molecular weight is 421 g/mol. The summed E-state index contributed by atoms with van der Waals surface area (Å²) < 4.78 is 10.7. The Balaban J connectivity index is 2.48. The van der Waals surface area contributed by atoms with Crippen molar-refractivity contribution >= 4 is 35.6 Å². The number of nitrogens with zero attached hydrogens (tertiary/aromatic N) is 2. The molecule has 1 saturated carbocycles. The summed E-state index contributed by atoms with van der Waals surface area (Å²) in [4.78, 5) is 52.9. The molecule has 3 amide bonds. The first-order chi connectivity index (χ1) is 13.7. The lowest BCUT2D eigenvalue weighted by atomic mass is 10.1. The third kappa shape index (κ3) is 6.43. The van der Waals surface area contributed by atoms with Gasteiger partial charge >= 0.3 is 24.1 Å². The highest BCUT2D eigenvalue weighted by atomic mass is 16.6. The number of ether oxygens (including phenoxy) is 2. The lowest BCUT2D eigenvalue weighted by molar-refractivity contribution is -0.147. The molecule has 1 aromatic rings. The number of hydrogen-bond donors (Lipinski definition) is 2. The highest BCUT2D eigenvalue weighted by Gasteiger charge is 2.38. The van der Waals surface area contributed by atoms with E-state index in [4.69, 9.17) is 14.6 Å². The lowest BCUT2D eigenvalue weighted by Gasteiger charge is -2.29. The maximum atomic E-state index is 12.8. The maximum Gasteiger partial charge on any atom is 0.425 e. The Morgan fingerprint density at radius 3 is 1.93 bits per heavy atom. The molecule has 0 aliphatic heterocycles. The summed E-state index contributed by atoms with van der Waals surface area (Å²) in [6, 6.07) is 1.50. The van der Waals surface area contributed by atoms with E-state index >= 15 is 0 Å². The molecule has 2 rings (SSSR count). The van der Waals surface area contributed by atoms with E-state index in [-0.39, 0.29) is 17.4 Å². The first-order valence-corrected chi connectivity index (χ1v) is 9.48. The van der Waals surface area contributed by atoms with Crippen molar-refractivity contribution < 1.29 is 33.8 Å². The average Bonchev–Trinajstić information content (AvgIpc) is 3.37. The number of nitrogens with one attached hydrogen (secondary N) is 1. The predicted molar refractivity (Wildman–Crippen MR) is 107 cm³/mol. The Labute approximate surface area is 174 Å². The minimum atomic E-state index is -1.64. The second-order valence-corrected chi connectivity index (χ2v) is 8.97. The molecule has 0 atom stereocenters. The number of rotatable bonds is 3. The molecule has 0 radical (unpaired) electrons. The van der Waals surface area contributed by atoms with E-state index in [0.29, 0.717) is 5.56 Å². The second-order valence-electron chi connectivity index (χ2n) is 8.97. The van der Waals surface area contributed by atoms with Gasteiger partial charge in [0.1, 0.15) is 11.2 Å². The van der Waals surface area contributed by atoms with Crippen molar-refractivity contribution in [3.8, 4) is 0 Å². The summed E-state index contributed by atoms with van der Waals surface area (Å²) in [5.41, 5.74) is -1.09. The molecule has 1 aliphatic carbocycles. The van der Waals surface area contributed by atoms with Crippen molar-refractivity contribution in [3.05, 3.63) is 17.8 Å². The third-order valence-corrected chi connectivity index (χ3v) is 3.73. The molecule has 10 heteroatoms. The Kier molecular flexibility index (Phi) is 6.39. The third-order valence-electron chi connectivity index (χ3n) is 3.73. The minimum Gasteiger partial charge on any atom is -0.474 e. The fourth-order valence-corrected chi connectivity index (χ4v) is 2.47. The van der Waals surface area contributed by atoms with Gasteiger partial charge in [0.05, 0.1) is 11.9 Å². The molecule has 1 aliphatic rings. The summed E-state index contributed by atoms with van der Waals surface area (Å²) in [6.45, 7) is 9.99. The zero-order valence-corrected chi connectivity index (χ0v) is 17.9. The number of anilines is 2. The Morgan fingerprint density at radius 2 is 1.53 bits per heavy atom. The number of amides is 3. The highest BCUT2D eigenvalue weighted by molar-refractivity contribution is 6.36. The van der Waals surface area contributed by atoms with Crippen LogP contribution in [0.4, 0.5) is 21.1 Å². The standard InChI is InChI=1S/C20H27N3O7/c1-19(2,3)29-17(27)23(18(28)30-20(4,5)6)14-13(11-7-8-11)9-12(10-21-14)22-15(24)16(25)26/h9-11H,7-8H2,1-6H3,(H,22,24)(H,25,26). The van der Waals surface area contributed by atoms with Crippen LogP contribution in [0.15, 0.2) is 12.3 Å². The molecule has 1 fully saturated rings. The topological polar surface area (TPSA) is 135 Å². The van der Waals surface area contributed by atoms with Crippen molar-refractivity contribution in [1.29, 1.82) is 0 Å². The number of carbonyl (C=O) groups excluding carboxylic acids is 3. The molecule has 0 unspecified atom stereocenters. The molecule has 10 nitrogen and oxygen atoms in total. The van der Waals surface area contributed by atoms with E-state index < -0.39 is 35.3 Å². The maximum absolute atomic E-state index is 12.8. The van der Waals surface area contributed by atoms with Crippen LogP contribution in [0.25, 0.3) is 0 Å². The van der Waals surface area contributed by atoms with Crippen LogP contribution in [0.3, 0.4) is 0 Å². The van der Waals surface area contributed by atoms with Gasteiger partial charge in [-0.1, -0.05) is 0 Å². The molecular formula is C20H27N3O7. The van der Waals surface area contributed by atoms with Gasteiger partial charge in [-0.2, -0.15) is 4.90 Å². The van der Waals surface area contributed by atoms with Crippen LogP contribution in [0, 0.1) is 0 Å². The van der Waals surface area contributed by atoms with Crippen LogP contribution >= 0.6 is 0 Å². The molecule has 0 bridgehead atoms. The van der Waals surface area contributed by atoms with Gasteiger partial charge < -0.3 is 19.9 Å². The lowest BCUT2D eigenvalue weighted by Crippen LogP contribution is -2.44. The molecule has 164 valence electrons. The molecule has 0 saturated heterocycles. The first-order valence-electron chi connectivity index (χ1n) is 9.48. The quantitative estimate of drug-likeness (QED) is 0.706. The summed E-state index contributed by atoms with van der Waals surface area (Å²) in [5, 5.41) is 11.0. The van der Waals surface area contributed by atoms with Gasteiger partial charge in [-0.05, 0) is 66.4 Å². The molecular weight excluding hydrogens is 394 g/mol. The number of pyridine rings is 1. The van der Waals surface area contributed by atoms with Gasteiger partial charge in [0.15, 0.2) is 5.82 Å². The van der Waals surface area contributed by atoms with Gasteiger partial charge in [0.25, 0.3) is 0 Å². The van der Waals surface area contributed by atoms with E-state index in [1.807, 2.05) is 0 Å². The first kappa shape index (κ1) is 23.1. The zero-order valence-electron chi connectivity index (χ0n) is 17.9. The summed E-state index contributed by atoms with van der Waals surface area (Å²) in [5.74, 6) is -2.84. The Hall–Kier alpha value is -3.17. The van der Waals surface area contributed by atoms with Crippen LogP contribution in [-0.4, -0.2) is 45.4 Å². The molecule has 2 N–H and O–H groups in total. The van der Waals surface area contributed by atoms with Crippen LogP contribution in [-0.2, 0) is 19.1 Å². The van der Waals surface area contributed by atoms with Gasteiger partial charge in [-0.15, -0.1) is 0 Å². The van der Waals surface area contributed by atoms with E-state index in [0.717, 1.165) is 17.7 Å². The Morgan fingerprint density at radius 1 is 1.03 bits per heavy atom. The van der Waals surface area contributed by atoms with Crippen molar-refractivity contribution in [3.63, 3.8) is 0 Å². The number of carboxylic acid groups (broad SMARTS) is 1. The second kappa shape index (κ2) is 8.29. The monoisotopic (exact) mass is 421 g/mol. The minimum absolute atomic E-state index is 0.00144. The number of carbonyl (C=O) groups is 4. The number of carboxylic acids is 1. The highest BCUT2D eigenvalue weighted by Crippen LogP contribution is 2.45. The normalized spacial score (nSPS) is 13.9. The number of imide groups is 1. The van der Waals surface area contributed by atoms with E-state index in [1.54, 1.807) is 41.5 Å². The molecule has 1 heterocycles. The smallest absolute Gasteiger partial charge is 0.425 e. The van der Waals surface area contributed by atoms with Crippen molar-refractivity contribution in [2.24, 2.45) is 0 Å². The van der Waals surface area contributed by atoms with Crippen molar-refractivity contribution in [1.82, 2.24) is 4.98 Å². The van der Waals surface area contributed by atoms with Gasteiger partial charge in [0, 0.05) is 5.56 Å². The van der Waals surface area contributed by atoms with E-state index in [9.17, 15) is 19.2 Å². The van der Waals surface area contributed by atoms with Crippen LogP contribution in [0.2, 0.25) is 0 Å². The summed E-state index contributed by atoms with van der Waals surface area (Å²) in [6.07, 6.45) is 0.856. The fraction of sp³-hybridized carbons (Fsp3) is 0.550. The summed E-state index contributed by atoms with van der Waals surface area (Å²) in [7, 11) is 0. The van der Waals surface area contributed by atoms with Gasteiger partial charge in [-0.3, -0.25) is 4.79 Å². The van der Waals surface area contributed by atoms with E-state index in [1.165, 1.54) is 12.3 Å².